The van der Waals surface area contributed by atoms with Crippen LogP contribution in [0.1, 0.15) is 42.1 Å². The molecule has 0 unspecified atom stereocenters. The number of carbonyl (C=O) groups is 1. The van der Waals surface area contributed by atoms with E-state index in [4.69, 9.17) is 0 Å². The zero-order valence-corrected chi connectivity index (χ0v) is 12.8. The van der Waals surface area contributed by atoms with Crippen LogP contribution in [0.25, 0.3) is 10.7 Å². The van der Waals surface area contributed by atoms with Crippen molar-refractivity contribution in [1.82, 2.24) is 15.3 Å². The van der Waals surface area contributed by atoms with E-state index in [1.54, 1.807) is 6.20 Å². The van der Waals surface area contributed by atoms with Crippen LogP contribution in [0.2, 0.25) is 0 Å². The Morgan fingerprint density at radius 2 is 2.25 bits per heavy atom. The van der Waals surface area contributed by atoms with Crippen molar-refractivity contribution >= 4 is 17.2 Å². The molecule has 0 aliphatic heterocycles. The lowest BCUT2D eigenvalue weighted by molar-refractivity contribution is 0.0941. The van der Waals surface area contributed by atoms with Crippen LogP contribution in [0.3, 0.4) is 0 Å². The summed E-state index contributed by atoms with van der Waals surface area (Å²) in [6.07, 6.45) is 3.77. The Morgan fingerprint density at radius 1 is 1.45 bits per heavy atom. The molecule has 2 rings (SSSR count). The summed E-state index contributed by atoms with van der Waals surface area (Å²) < 4.78 is 0. The first-order chi connectivity index (χ1) is 9.61. The van der Waals surface area contributed by atoms with E-state index in [0.29, 0.717) is 4.88 Å². The van der Waals surface area contributed by atoms with Crippen LogP contribution in [0.15, 0.2) is 24.4 Å². The molecule has 0 aliphatic rings. The van der Waals surface area contributed by atoms with Gasteiger partial charge in [0, 0.05) is 12.2 Å². The van der Waals surface area contributed by atoms with Gasteiger partial charge in [-0.05, 0) is 32.4 Å². The molecule has 2 aromatic heterocycles. The van der Waals surface area contributed by atoms with Gasteiger partial charge in [-0.2, -0.15) is 0 Å². The first kappa shape index (κ1) is 14.7. The highest BCUT2D eigenvalue weighted by Crippen LogP contribution is 2.26. The highest BCUT2D eigenvalue weighted by Gasteiger charge is 2.17. The van der Waals surface area contributed by atoms with Crippen LogP contribution >= 0.6 is 11.3 Å². The number of hydrogen-bond donors (Lipinski definition) is 1. The summed E-state index contributed by atoms with van der Waals surface area (Å²) in [6, 6.07) is 5.87. The van der Waals surface area contributed by atoms with Gasteiger partial charge < -0.3 is 5.32 Å². The molecule has 0 spiro atoms. The zero-order valence-electron chi connectivity index (χ0n) is 12.0. The molecule has 1 amide bonds. The Balaban J connectivity index is 2.17. The van der Waals surface area contributed by atoms with Crippen molar-refractivity contribution in [2.75, 3.05) is 0 Å². The average Bonchev–Trinajstić information content (AvgIpc) is 2.82. The molecule has 2 heterocycles. The number of hydrogen-bond acceptors (Lipinski definition) is 4. The molecule has 0 radical (unpaired) electrons. The van der Waals surface area contributed by atoms with Gasteiger partial charge in [-0.1, -0.05) is 19.4 Å². The Kier molecular flexibility index (Phi) is 4.84. The maximum absolute atomic E-state index is 12.2. The number of amides is 1. The van der Waals surface area contributed by atoms with Crippen molar-refractivity contribution in [2.45, 2.75) is 39.7 Å². The number of thiazole rings is 1. The number of carbonyl (C=O) groups excluding carboxylic acids is 1. The predicted molar refractivity (Wildman–Crippen MR) is 81.9 cm³/mol. The molecule has 0 fully saturated rings. The SMILES string of the molecule is CCC[C@H](C)NC(=O)c1sc(-c2ccccn2)nc1C. The van der Waals surface area contributed by atoms with Crippen LogP contribution in [0, 0.1) is 6.92 Å². The molecule has 4 nitrogen and oxygen atoms in total. The van der Waals surface area contributed by atoms with Crippen molar-refractivity contribution in [3.05, 3.63) is 35.0 Å². The maximum Gasteiger partial charge on any atom is 0.263 e. The second kappa shape index (κ2) is 6.61. The topological polar surface area (TPSA) is 54.9 Å². The zero-order chi connectivity index (χ0) is 14.5. The molecule has 20 heavy (non-hydrogen) atoms. The Hall–Kier alpha value is -1.75. The van der Waals surface area contributed by atoms with E-state index in [-0.39, 0.29) is 11.9 Å². The second-order valence-corrected chi connectivity index (χ2v) is 5.81. The third kappa shape index (κ3) is 3.42. The summed E-state index contributed by atoms with van der Waals surface area (Å²) in [5.74, 6) is -0.0388. The van der Waals surface area contributed by atoms with Gasteiger partial charge >= 0.3 is 0 Å². The maximum atomic E-state index is 12.2. The standard InChI is InChI=1S/C15H19N3OS/c1-4-7-10(2)17-14(19)13-11(3)18-15(20-13)12-8-5-6-9-16-12/h5-6,8-10H,4,7H2,1-3H3,(H,17,19)/t10-/m0/s1. The molecule has 1 atom stereocenters. The summed E-state index contributed by atoms with van der Waals surface area (Å²) in [4.78, 5) is 21.6. The minimum Gasteiger partial charge on any atom is -0.349 e. The van der Waals surface area contributed by atoms with Crippen molar-refractivity contribution < 1.29 is 4.79 Å². The lowest BCUT2D eigenvalue weighted by Gasteiger charge is -2.11. The number of aromatic nitrogens is 2. The summed E-state index contributed by atoms with van der Waals surface area (Å²) in [5.41, 5.74) is 1.57. The first-order valence-electron chi connectivity index (χ1n) is 6.81. The summed E-state index contributed by atoms with van der Waals surface area (Å²) in [5, 5.41) is 3.80. The van der Waals surface area contributed by atoms with E-state index in [1.165, 1.54) is 11.3 Å². The van der Waals surface area contributed by atoms with Gasteiger partial charge in [0.05, 0.1) is 11.4 Å². The summed E-state index contributed by atoms with van der Waals surface area (Å²) >= 11 is 1.40. The molecule has 5 heteroatoms. The molecule has 0 saturated carbocycles. The Bertz CT molecular complexity index is 580. The lowest BCUT2D eigenvalue weighted by atomic mass is 10.2. The van der Waals surface area contributed by atoms with Crippen LogP contribution in [-0.4, -0.2) is 21.9 Å². The molecule has 0 aromatic carbocycles. The van der Waals surface area contributed by atoms with Gasteiger partial charge in [0.1, 0.15) is 9.88 Å². The molecule has 0 saturated heterocycles. The van der Waals surface area contributed by atoms with Gasteiger partial charge in [-0.15, -0.1) is 11.3 Å². The predicted octanol–water partition coefficient (Wildman–Crippen LogP) is 3.43. The monoisotopic (exact) mass is 289 g/mol. The second-order valence-electron chi connectivity index (χ2n) is 4.81. The normalized spacial score (nSPS) is 12.2. The van der Waals surface area contributed by atoms with E-state index in [0.717, 1.165) is 29.2 Å². The smallest absolute Gasteiger partial charge is 0.263 e. The number of aryl methyl sites for hydroxylation is 1. The van der Waals surface area contributed by atoms with Crippen LogP contribution in [0.5, 0.6) is 0 Å². The third-order valence-corrected chi connectivity index (χ3v) is 4.16. The molecular weight excluding hydrogens is 270 g/mol. The average molecular weight is 289 g/mol. The lowest BCUT2D eigenvalue weighted by Crippen LogP contribution is -2.32. The van der Waals surface area contributed by atoms with Crippen molar-refractivity contribution in [3.8, 4) is 10.7 Å². The minimum absolute atomic E-state index is 0.0388. The summed E-state index contributed by atoms with van der Waals surface area (Å²) in [6.45, 7) is 6.00. The van der Waals surface area contributed by atoms with Gasteiger partial charge in [-0.3, -0.25) is 9.78 Å². The van der Waals surface area contributed by atoms with Gasteiger partial charge in [0.25, 0.3) is 5.91 Å². The molecule has 1 N–H and O–H groups in total. The van der Waals surface area contributed by atoms with E-state index < -0.39 is 0 Å². The van der Waals surface area contributed by atoms with Crippen LogP contribution < -0.4 is 5.32 Å². The van der Waals surface area contributed by atoms with Crippen molar-refractivity contribution in [1.29, 1.82) is 0 Å². The highest BCUT2D eigenvalue weighted by atomic mass is 32.1. The highest BCUT2D eigenvalue weighted by molar-refractivity contribution is 7.17. The van der Waals surface area contributed by atoms with Crippen molar-refractivity contribution in [3.63, 3.8) is 0 Å². The Morgan fingerprint density at radius 3 is 2.90 bits per heavy atom. The fourth-order valence-electron chi connectivity index (χ4n) is 2.00. The van der Waals surface area contributed by atoms with Crippen LogP contribution in [-0.2, 0) is 0 Å². The number of nitrogens with zero attached hydrogens (tertiary/aromatic N) is 2. The fraction of sp³-hybridized carbons (Fsp3) is 0.400. The number of nitrogens with one attached hydrogen (secondary N) is 1. The molecular formula is C15H19N3OS. The summed E-state index contributed by atoms with van der Waals surface area (Å²) in [7, 11) is 0. The van der Waals surface area contributed by atoms with E-state index in [2.05, 4.69) is 22.2 Å². The first-order valence-corrected chi connectivity index (χ1v) is 7.63. The fourth-order valence-corrected chi connectivity index (χ4v) is 2.95. The molecule has 106 valence electrons. The van der Waals surface area contributed by atoms with E-state index in [9.17, 15) is 4.79 Å². The van der Waals surface area contributed by atoms with E-state index in [1.807, 2.05) is 32.0 Å². The van der Waals surface area contributed by atoms with E-state index >= 15 is 0 Å². The van der Waals surface area contributed by atoms with Crippen LogP contribution in [0.4, 0.5) is 0 Å². The van der Waals surface area contributed by atoms with Gasteiger partial charge in [0.15, 0.2) is 0 Å². The molecule has 2 aromatic rings. The largest absolute Gasteiger partial charge is 0.349 e. The van der Waals surface area contributed by atoms with Gasteiger partial charge in [-0.25, -0.2) is 4.98 Å². The quantitative estimate of drug-likeness (QED) is 0.917. The number of rotatable bonds is 5. The van der Waals surface area contributed by atoms with Gasteiger partial charge in [0.2, 0.25) is 0 Å². The Labute approximate surface area is 123 Å². The molecule has 0 aliphatic carbocycles. The third-order valence-electron chi connectivity index (χ3n) is 2.99. The molecule has 0 bridgehead atoms. The minimum atomic E-state index is -0.0388. The van der Waals surface area contributed by atoms with Crippen molar-refractivity contribution in [2.24, 2.45) is 0 Å². The number of pyridine rings is 1.